The monoisotopic (exact) mass is 271 g/mol. The Labute approximate surface area is 109 Å². The largest absolute Gasteiger partial charge is 0.480 e. The highest BCUT2D eigenvalue weighted by Crippen LogP contribution is 2.03. The summed E-state index contributed by atoms with van der Waals surface area (Å²) in [5.41, 5.74) is -0.231. The van der Waals surface area contributed by atoms with E-state index in [1.54, 1.807) is 0 Å². The van der Waals surface area contributed by atoms with Crippen LogP contribution in [0.2, 0.25) is 5.28 Å². The number of aromatic amines is 1. The second kappa shape index (κ2) is 9.22. The van der Waals surface area contributed by atoms with Crippen LogP contribution in [0.15, 0.2) is 17.1 Å². The van der Waals surface area contributed by atoms with Gasteiger partial charge in [-0.15, -0.1) is 12.8 Å². The molecular weight excluding hydrogens is 258 g/mol. The molecule has 1 aliphatic heterocycles. The van der Waals surface area contributed by atoms with Crippen molar-refractivity contribution in [1.29, 1.82) is 0 Å². The van der Waals surface area contributed by atoms with Gasteiger partial charge in [-0.2, -0.15) is 0 Å². The fourth-order valence-corrected chi connectivity index (χ4v) is 1.39. The molecule has 6 nitrogen and oxygen atoms in total. The van der Waals surface area contributed by atoms with Gasteiger partial charge >= 0.3 is 5.97 Å². The zero-order chi connectivity index (χ0) is 14.0. The standard InChI is InChI=1S/C5H9NO2.C4H3ClN2O.C2H2/c7-5(8)4-2-1-3-6-4;5-4-6-2-1-3(8)7-4;1-2/h4,6H,1-3H2,(H,7,8);1-2H,(H,6,7,8);1-2H/t4-;;/m0../s1. The Hall–Kier alpha value is -1.84. The predicted molar refractivity (Wildman–Crippen MR) is 68.4 cm³/mol. The Morgan fingerprint density at radius 3 is 2.50 bits per heavy atom. The number of carboxylic acid groups (broad SMARTS) is 1. The lowest BCUT2D eigenvalue weighted by molar-refractivity contribution is -0.139. The van der Waals surface area contributed by atoms with Crippen LogP contribution in [0.3, 0.4) is 0 Å². The van der Waals surface area contributed by atoms with Crippen LogP contribution >= 0.6 is 11.6 Å². The van der Waals surface area contributed by atoms with Gasteiger partial charge in [0.25, 0.3) is 5.56 Å². The van der Waals surface area contributed by atoms with Gasteiger partial charge in [-0.25, -0.2) is 4.98 Å². The number of aliphatic carboxylic acids is 1. The van der Waals surface area contributed by atoms with Crippen molar-refractivity contribution >= 4 is 17.6 Å². The molecule has 0 aliphatic carbocycles. The summed E-state index contributed by atoms with van der Waals surface area (Å²) in [6.07, 6.45) is 11.1. The molecule has 0 spiro atoms. The van der Waals surface area contributed by atoms with Gasteiger partial charge in [-0.3, -0.25) is 14.6 Å². The number of nitrogens with one attached hydrogen (secondary N) is 2. The maximum Gasteiger partial charge on any atom is 0.320 e. The summed E-state index contributed by atoms with van der Waals surface area (Å²) in [5.74, 6) is -0.720. The van der Waals surface area contributed by atoms with Crippen molar-refractivity contribution in [1.82, 2.24) is 15.3 Å². The van der Waals surface area contributed by atoms with Gasteiger partial charge in [-0.05, 0) is 31.0 Å². The molecule has 0 amide bonds. The van der Waals surface area contributed by atoms with Crippen LogP contribution in [0.4, 0.5) is 0 Å². The van der Waals surface area contributed by atoms with Crippen LogP contribution in [0, 0.1) is 12.8 Å². The molecule has 98 valence electrons. The third-order valence-corrected chi connectivity index (χ3v) is 2.19. The van der Waals surface area contributed by atoms with Crippen molar-refractivity contribution in [3.05, 3.63) is 27.9 Å². The summed E-state index contributed by atoms with van der Waals surface area (Å²) in [7, 11) is 0. The van der Waals surface area contributed by atoms with Gasteiger partial charge in [0.2, 0.25) is 5.28 Å². The van der Waals surface area contributed by atoms with Crippen LogP contribution in [-0.2, 0) is 4.79 Å². The maximum absolute atomic E-state index is 10.3. The van der Waals surface area contributed by atoms with Crippen LogP contribution in [0.1, 0.15) is 12.8 Å². The third kappa shape index (κ3) is 6.68. The van der Waals surface area contributed by atoms with Crippen molar-refractivity contribution in [2.75, 3.05) is 6.54 Å². The Morgan fingerprint density at radius 1 is 1.56 bits per heavy atom. The summed E-state index contributed by atoms with van der Waals surface area (Å²) in [5, 5.41) is 11.3. The zero-order valence-electron chi connectivity index (χ0n) is 9.60. The highest BCUT2D eigenvalue weighted by atomic mass is 35.5. The highest BCUT2D eigenvalue weighted by molar-refractivity contribution is 6.28. The van der Waals surface area contributed by atoms with Gasteiger partial charge in [0, 0.05) is 12.3 Å². The minimum absolute atomic E-state index is 0.123. The summed E-state index contributed by atoms with van der Waals surface area (Å²) < 4.78 is 0. The zero-order valence-corrected chi connectivity index (χ0v) is 10.4. The van der Waals surface area contributed by atoms with E-state index in [2.05, 4.69) is 28.1 Å². The van der Waals surface area contributed by atoms with Crippen molar-refractivity contribution in [3.63, 3.8) is 0 Å². The summed E-state index contributed by atoms with van der Waals surface area (Å²) in [6, 6.07) is 1.03. The van der Waals surface area contributed by atoms with E-state index in [4.69, 9.17) is 16.7 Å². The molecule has 7 heteroatoms. The molecule has 0 unspecified atom stereocenters. The molecule has 1 fully saturated rings. The molecule has 18 heavy (non-hydrogen) atoms. The second-order valence-electron chi connectivity index (χ2n) is 3.21. The minimum atomic E-state index is -0.720. The van der Waals surface area contributed by atoms with E-state index in [0.29, 0.717) is 0 Å². The molecule has 1 aromatic rings. The quantitative estimate of drug-likeness (QED) is 0.511. The Kier molecular flexibility index (Phi) is 8.27. The van der Waals surface area contributed by atoms with Crippen LogP contribution < -0.4 is 10.9 Å². The van der Waals surface area contributed by atoms with E-state index in [1.807, 2.05) is 0 Å². The van der Waals surface area contributed by atoms with Crippen molar-refractivity contribution in [2.24, 2.45) is 0 Å². The third-order valence-electron chi connectivity index (χ3n) is 2.00. The normalized spacial score (nSPS) is 16.7. The van der Waals surface area contributed by atoms with Gasteiger partial charge in [0.15, 0.2) is 0 Å². The molecule has 1 aliphatic rings. The molecule has 2 heterocycles. The van der Waals surface area contributed by atoms with Crippen LogP contribution in [0.5, 0.6) is 0 Å². The number of H-pyrrole nitrogens is 1. The predicted octanol–water partition coefficient (Wildman–Crippen LogP) is 0.496. The summed E-state index contributed by atoms with van der Waals surface area (Å²) in [6.45, 7) is 0.858. The average Bonchev–Trinajstić information content (AvgIpc) is 2.85. The van der Waals surface area contributed by atoms with E-state index in [-0.39, 0.29) is 16.9 Å². The number of carboxylic acids is 1. The number of halogens is 1. The van der Waals surface area contributed by atoms with Crippen LogP contribution in [-0.4, -0.2) is 33.6 Å². The van der Waals surface area contributed by atoms with E-state index in [1.165, 1.54) is 12.3 Å². The molecule has 1 saturated heterocycles. The van der Waals surface area contributed by atoms with Crippen molar-refractivity contribution < 1.29 is 9.90 Å². The lowest BCUT2D eigenvalue weighted by atomic mass is 10.2. The topological polar surface area (TPSA) is 95.1 Å². The first-order chi connectivity index (χ1) is 8.59. The van der Waals surface area contributed by atoms with Crippen molar-refractivity contribution in [2.45, 2.75) is 18.9 Å². The van der Waals surface area contributed by atoms with Gasteiger partial charge in [0.1, 0.15) is 6.04 Å². The maximum atomic E-state index is 10.3. The highest BCUT2D eigenvalue weighted by Gasteiger charge is 2.20. The average molecular weight is 272 g/mol. The van der Waals surface area contributed by atoms with Crippen LogP contribution in [0.25, 0.3) is 0 Å². The molecule has 0 radical (unpaired) electrons. The first-order valence-electron chi connectivity index (χ1n) is 5.10. The van der Waals surface area contributed by atoms with E-state index in [0.717, 1.165) is 19.4 Å². The van der Waals surface area contributed by atoms with Gasteiger partial charge in [0.05, 0.1) is 0 Å². The number of aromatic nitrogens is 2. The SMILES string of the molecule is C#C.O=C(O)[C@@H]1CCCN1.O=c1ccnc(Cl)[nH]1. The summed E-state index contributed by atoms with van der Waals surface area (Å²) >= 11 is 5.28. The fraction of sp³-hybridized carbons (Fsp3) is 0.364. The van der Waals surface area contributed by atoms with E-state index < -0.39 is 5.97 Å². The summed E-state index contributed by atoms with van der Waals surface area (Å²) in [4.78, 5) is 26.3. The van der Waals surface area contributed by atoms with Crippen molar-refractivity contribution in [3.8, 4) is 12.8 Å². The molecule has 0 bridgehead atoms. The lowest BCUT2D eigenvalue weighted by Gasteiger charge is -1.99. The minimum Gasteiger partial charge on any atom is -0.480 e. The molecule has 1 atom stereocenters. The molecule has 3 N–H and O–H groups in total. The smallest absolute Gasteiger partial charge is 0.320 e. The number of rotatable bonds is 1. The first kappa shape index (κ1) is 16.2. The Balaban J connectivity index is 0.000000283. The second-order valence-corrected chi connectivity index (χ2v) is 3.57. The number of hydrogen-bond acceptors (Lipinski definition) is 4. The van der Waals surface area contributed by atoms with E-state index in [9.17, 15) is 9.59 Å². The number of terminal acetylenes is 1. The fourth-order valence-electron chi connectivity index (χ4n) is 1.24. The molecule has 0 saturated carbocycles. The first-order valence-corrected chi connectivity index (χ1v) is 5.48. The molecule has 1 aromatic heterocycles. The number of nitrogens with zero attached hydrogens (tertiary/aromatic N) is 1. The molecular formula is C11H14ClN3O3. The Bertz CT molecular complexity index is 438. The Morgan fingerprint density at radius 2 is 2.22 bits per heavy atom. The number of hydrogen-bond donors (Lipinski definition) is 3. The van der Waals surface area contributed by atoms with Gasteiger partial charge in [-0.1, -0.05) is 0 Å². The molecule has 2 rings (SSSR count). The van der Waals surface area contributed by atoms with Gasteiger partial charge < -0.3 is 10.4 Å². The van der Waals surface area contributed by atoms with E-state index >= 15 is 0 Å². The lowest BCUT2D eigenvalue weighted by Crippen LogP contribution is -2.29. The molecule has 0 aromatic carbocycles. The number of carbonyl (C=O) groups is 1.